The third-order valence-corrected chi connectivity index (χ3v) is 5.51. The van der Waals surface area contributed by atoms with E-state index in [1.165, 1.54) is 15.5 Å². The minimum atomic E-state index is -0.497. The lowest BCUT2D eigenvalue weighted by Gasteiger charge is -2.14. The molecular formula is C27H27N7O3. The van der Waals surface area contributed by atoms with E-state index in [4.69, 9.17) is 10.5 Å². The molecule has 0 bridgehead atoms. The summed E-state index contributed by atoms with van der Waals surface area (Å²) < 4.78 is 8.72. The Morgan fingerprint density at radius 3 is 2.43 bits per heavy atom. The number of nitrogens with two attached hydrogens (primary N) is 1. The van der Waals surface area contributed by atoms with E-state index in [1.807, 2.05) is 50.2 Å². The number of hydrogen-bond acceptors (Lipinski definition) is 7. The van der Waals surface area contributed by atoms with E-state index in [0.717, 1.165) is 0 Å². The maximum Gasteiger partial charge on any atom is 0.335 e. The topological polar surface area (TPSA) is 141 Å². The molecule has 2 aromatic carbocycles. The second-order valence-electron chi connectivity index (χ2n) is 8.88. The number of carbonyl (C=O) groups is 1. The first kappa shape index (κ1) is 25.2. The molecule has 0 aliphatic rings. The fourth-order valence-electron chi connectivity index (χ4n) is 3.91. The van der Waals surface area contributed by atoms with Crippen LogP contribution in [0.5, 0.6) is 11.5 Å². The highest BCUT2D eigenvalue weighted by Gasteiger charge is 2.21. The highest BCUT2D eigenvalue weighted by atomic mass is 16.5. The van der Waals surface area contributed by atoms with Crippen molar-refractivity contribution in [3.63, 3.8) is 0 Å². The van der Waals surface area contributed by atoms with Crippen molar-refractivity contribution in [2.45, 2.75) is 33.4 Å². The Morgan fingerprint density at radius 1 is 1.11 bits per heavy atom. The number of aromatic nitrogens is 4. The summed E-state index contributed by atoms with van der Waals surface area (Å²) >= 11 is 0. The van der Waals surface area contributed by atoms with E-state index in [0.29, 0.717) is 28.4 Å². The molecule has 3 N–H and O–H groups in total. The lowest BCUT2D eigenvalue weighted by molar-refractivity contribution is -0.117. The Hall–Kier alpha value is -4.91. The number of nitrogens with zero attached hydrogens (tertiary/aromatic N) is 5. The number of nitrogens with one attached hydrogen (secondary N) is 1. The number of ether oxygens (including phenoxy) is 1. The van der Waals surface area contributed by atoms with Gasteiger partial charge in [-0.25, -0.2) is 14.8 Å². The molecule has 4 aromatic rings. The zero-order valence-electron chi connectivity index (χ0n) is 20.8. The first-order valence-corrected chi connectivity index (χ1v) is 11.8. The molecule has 0 fully saturated rings. The van der Waals surface area contributed by atoms with Crippen LogP contribution in [0.1, 0.15) is 20.8 Å². The average molecular weight is 498 g/mol. The van der Waals surface area contributed by atoms with E-state index in [1.54, 1.807) is 37.3 Å². The van der Waals surface area contributed by atoms with E-state index < -0.39 is 17.6 Å². The van der Waals surface area contributed by atoms with Crippen LogP contribution in [0.25, 0.3) is 16.9 Å². The van der Waals surface area contributed by atoms with Crippen LogP contribution < -0.4 is 21.5 Å². The molecule has 10 heteroatoms. The highest BCUT2D eigenvalue weighted by Crippen LogP contribution is 2.25. The van der Waals surface area contributed by atoms with E-state index in [2.05, 4.69) is 15.3 Å². The van der Waals surface area contributed by atoms with Gasteiger partial charge in [-0.05, 0) is 49.2 Å². The first-order chi connectivity index (χ1) is 17.8. The summed E-state index contributed by atoms with van der Waals surface area (Å²) in [7, 11) is 0. The van der Waals surface area contributed by atoms with Gasteiger partial charge < -0.3 is 15.8 Å². The van der Waals surface area contributed by atoms with E-state index in [-0.39, 0.29) is 23.9 Å². The van der Waals surface area contributed by atoms with Crippen molar-refractivity contribution >= 4 is 22.9 Å². The summed E-state index contributed by atoms with van der Waals surface area (Å²) in [6.45, 7) is 5.62. The standard InChI is InChI=1S/C27H27N7O3/c1-17(2)13-19(14-28)26(35)32-18(3)15-33-25-23(24(29)30-16-31-25)34(27(33)36)20-9-11-22(12-10-20)37-21-7-5-4-6-8-21/h4-13,16-18H,15H2,1-3H3,(H,32,35)(H2,29,30,31)/b19-13+/t18-/m0/s1. The van der Waals surface area contributed by atoms with Gasteiger partial charge in [0, 0.05) is 12.6 Å². The number of carbonyl (C=O) groups excluding carboxylic acids is 1. The number of nitrogen functional groups attached to an aromatic ring is 1. The minimum absolute atomic E-state index is 0.0287. The second kappa shape index (κ2) is 10.8. The number of para-hydroxylation sites is 1. The summed E-state index contributed by atoms with van der Waals surface area (Å²) in [5, 5.41) is 12.1. The summed E-state index contributed by atoms with van der Waals surface area (Å²) in [5.41, 5.74) is 7.05. The third-order valence-electron chi connectivity index (χ3n) is 5.51. The number of fused-ring (bicyclic) bond motifs is 1. The van der Waals surface area contributed by atoms with Crippen molar-refractivity contribution in [2.75, 3.05) is 5.73 Å². The molecule has 0 unspecified atom stereocenters. The van der Waals surface area contributed by atoms with Crippen molar-refractivity contribution in [1.29, 1.82) is 5.26 Å². The Bertz CT molecular complexity index is 1550. The van der Waals surface area contributed by atoms with Gasteiger partial charge in [-0.2, -0.15) is 5.26 Å². The van der Waals surface area contributed by atoms with Gasteiger partial charge in [0.05, 0.1) is 5.69 Å². The molecule has 2 heterocycles. The number of amides is 1. The Balaban J connectivity index is 1.65. The number of benzene rings is 2. The molecule has 37 heavy (non-hydrogen) atoms. The number of anilines is 1. The molecule has 0 aliphatic carbocycles. The predicted octanol–water partition coefficient (Wildman–Crippen LogP) is 3.57. The van der Waals surface area contributed by atoms with Crippen LogP contribution in [-0.4, -0.2) is 31.1 Å². The zero-order chi connectivity index (χ0) is 26.5. The fraction of sp³-hybridized carbons (Fsp3) is 0.222. The summed E-state index contributed by atoms with van der Waals surface area (Å²) in [6, 6.07) is 17.8. The van der Waals surface area contributed by atoms with Gasteiger partial charge >= 0.3 is 5.69 Å². The van der Waals surface area contributed by atoms with Gasteiger partial charge in [0.2, 0.25) is 0 Å². The molecule has 0 radical (unpaired) electrons. The molecule has 0 saturated heterocycles. The molecule has 188 valence electrons. The molecule has 10 nitrogen and oxygen atoms in total. The molecule has 4 rings (SSSR count). The number of imidazole rings is 1. The van der Waals surface area contributed by atoms with E-state index >= 15 is 0 Å². The normalized spacial score (nSPS) is 12.4. The molecular weight excluding hydrogens is 470 g/mol. The van der Waals surface area contributed by atoms with Gasteiger partial charge in [0.15, 0.2) is 11.5 Å². The number of nitriles is 1. The van der Waals surface area contributed by atoms with Crippen molar-refractivity contribution < 1.29 is 9.53 Å². The quantitative estimate of drug-likeness (QED) is 0.280. The minimum Gasteiger partial charge on any atom is -0.457 e. The monoisotopic (exact) mass is 497 g/mol. The van der Waals surface area contributed by atoms with Crippen LogP contribution in [0.3, 0.4) is 0 Å². The van der Waals surface area contributed by atoms with Crippen molar-refractivity contribution in [3.8, 4) is 23.3 Å². The zero-order valence-corrected chi connectivity index (χ0v) is 20.8. The SMILES string of the molecule is CC(C)/C=C(\C#N)C(=O)N[C@@H](C)Cn1c(=O)n(-c2ccc(Oc3ccccc3)cc2)c2c(N)ncnc21. The summed E-state index contributed by atoms with van der Waals surface area (Å²) in [4.78, 5) is 34.5. The largest absolute Gasteiger partial charge is 0.457 e. The van der Waals surface area contributed by atoms with Crippen LogP contribution >= 0.6 is 0 Å². The predicted molar refractivity (Wildman–Crippen MR) is 140 cm³/mol. The average Bonchev–Trinajstić information content (AvgIpc) is 3.15. The molecule has 1 amide bonds. The van der Waals surface area contributed by atoms with Gasteiger partial charge in [-0.15, -0.1) is 0 Å². The van der Waals surface area contributed by atoms with Crippen LogP contribution in [0.2, 0.25) is 0 Å². The summed E-state index contributed by atoms with van der Waals surface area (Å²) in [5.74, 6) is 0.994. The van der Waals surface area contributed by atoms with Gasteiger partial charge in [0.25, 0.3) is 5.91 Å². The number of allylic oxidation sites excluding steroid dienone is 1. The first-order valence-electron chi connectivity index (χ1n) is 11.8. The van der Waals surface area contributed by atoms with Crippen LogP contribution in [0, 0.1) is 17.2 Å². The Labute approximate surface area is 213 Å². The third kappa shape index (κ3) is 5.51. The maximum atomic E-state index is 13.6. The Kier molecular flexibility index (Phi) is 7.34. The second-order valence-corrected chi connectivity index (χ2v) is 8.88. The smallest absolute Gasteiger partial charge is 0.335 e. The maximum absolute atomic E-state index is 13.6. The van der Waals surface area contributed by atoms with Crippen molar-refractivity contribution in [3.05, 3.63) is 83.1 Å². The summed E-state index contributed by atoms with van der Waals surface area (Å²) in [6.07, 6.45) is 2.89. The van der Waals surface area contributed by atoms with E-state index in [9.17, 15) is 14.9 Å². The molecule has 1 atom stereocenters. The van der Waals surface area contributed by atoms with Gasteiger partial charge in [-0.3, -0.25) is 13.9 Å². The fourth-order valence-corrected chi connectivity index (χ4v) is 3.91. The molecule has 2 aromatic heterocycles. The van der Waals surface area contributed by atoms with Gasteiger partial charge in [0.1, 0.15) is 35.0 Å². The van der Waals surface area contributed by atoms with Gasteiger partial charge in [-0.1, -0.05) is 38.1 Å². The van der Waals surface area contributed by atoms with Crippen LogP contribution in [0.4, 0.5) is 5.82 Å². The number of hydrogen-bond donors (Lipinski definition) is 2. The van der Waals surface area contributed by atoms with Crippen molar-refractivity contribution in [1.82, 2.24) is 24.4 Å². The molecule has 0 saturated carbocycles. The van der Waals surface area contributed by atoms with Crippen LogP contribution in [-0.2, 0) is 11.3 Å². The molecule has 0 aliphatic heterocycles. The highest BCUT2D eigenvalue weighted by molar-refractivity contribution is 5.97. The lowest BCUT2D eigenvalue weighted by Crippen LogP contribution is -2.39. The van der Waals surface area contributed by atoms with Crippen molar-refractivity contribution in [2.24, 2.45) is 5.92 Å². The van der Waals surface area contributed by atoms with Crippen LogP contribution in [0.15, 0.2) is 77.4 Å². The molecule has 0 spiro atoms. The lowest BCUT2D eigenvalue weighted by atomic mass is 10.1. The Morgan fingerprint density at radius 2 is 1.78 bits per heavy atom. The number of rotatable bonds is 8.